The van der Waals surface area contributed by atoms with Crippen LogP contribution in [-0.2, 0) is 9.59 Å². The fourth-order valence-electron chi connectivity index (χ4n) is 3.67. The quantitative estimate of drug-likeness (QED) is 0.709. The van der Waals surface area contributed by atoms with Crippen LogP contribution >= 0.6 is 11.8 Å². The Bertz CT molecular complexity index is 982. The lowest BCUT2D eigenvalue weighted by atomic mass is 10.1. The van der Waals surface area contributed by atoms with Gasteiger partial charge in [0.05, 0.1) is 5.69 Å². The van der Waals surface area contributed by atoms with Gasteiger partial charge < -0.3 is 5.32 Å². The molecule has 0 radical (unpaired) electrons. The third-order valence-electron chi connectivity index (χ3n) is 5.73. The maximum atomic E-state index is 13.2. The van der Waals surface area contributed by atoms with Crippen LogP contribution in [0, 0.1) is 19.8 Å². The number of carbonyl (C=O) groups is 2. The summed E-state index contributed by atoms with van der Waals surface area (Å²) in [6, 6.07) is 15.7. The maximum Gasteiger partial charge on any atom is 0.242 e. The molecule has 0 spiro atoms. The minimum Gasteiger partial charge on any atom is -0.326 e. The van der Waals surface area contributed by atoms with Crippen LogP contribution in [0.2, 0.25) is 0 Å². The molecule has 1 aliphatic carbocycles. The van der Waals surface area contributed by atoms with Gasteiger partial charge in [-0.1, -0.05) is 47.7 Å². The number of anilines is 1. The average Bonchev–Trinajstić information content (AvgIpc) is 3.52. The van der Waals surface area contributed by atoms with Gasteiger partial charge in [-0.2, -0.15) is 0 Å². The Morgan fingerprint density at radius 3 is 2.53 bits per heavy atom. The molecule has 0 aromatic heterocycles. The van der Waals surface area contributed by atoms with Crippen molar-refractivity contribution < 1.29 is 9.59 Å². The van der Waals surface area contributed by atoms with Crippen molar-refractivity contribution >= 4 is 40.1 Å². The summed E-state index contributed by atoms with van der Waals surface area (Å²) in [5.74, 6) is 0.369. The minimum atomic E-state index is -0.445. The third-order valence-corrected chi connectivity index (χ3v) is 6.88. The third kappa shape index (κ3) is 4.59. The Labute approximate surface area is 182 Å². The SMILES string of the molecule is Cc1ccc(N=C2S[C@@H](CC(=O)Nc3ccccc3C)C(=O)N2[C@H](C)C2CC2)cc1. The molecule has 0 unspecified atom stereocenters. The summed E-state index contributed by atoms with van der Waals surface area (Å²) in [5, 5.41) is 3.21. The summed E-state index contributed by atoms with van der Waals surface area (Å²) in [6.45, 7) is 6.09. The van der Waals surface area contributed by atoms with E-state index in [1.165, 1.54) is 17.3 Å². The highest BCUT2D eigenvalue weighted by atomic mass is 32.2. The number of hydrogen-bond acceptors (Lipinski definition) is 4. The number of thioether (sulfide) groups is 1. The fraction of sp³-hybridized carbons (Fsp3) is 0.375. The molecule has 2 aromatic carbocycles. The molecule has 156 valence electrons. The lowest BCUT2D eigenvalue weighted by molar-refractivity contribution is -0.129. The summed E-state index contributed by atoms with van der Waals surface area (Å²) < 4.78 is 0. The fourth-order valence-corrected chi connectivity index (χ4v) is 4.90. The normalized spacial score (nSPS) is 21.2. The second kappa shape index (κ2) is 8.64. The Balaban J connectivity index is 1.52. The van der Waals surface area contributed by atoms with E-state index in [9.17, 15) is 9.59 Å². The van der Waals surface area contributed by atoms with Gasteiger partial charge in [-0.25, -0.2) is 4.99 Å². The zero-order chi connectivity index (χ0) is 21.3. The smallest absolute Gasteiger partial charge is 0.242 e. The number of amides is 2. The Morgan fingerprint density at radius 1 is 1.17 bits per heavy atom. The first kappa shape index (κ1) is 20.7. The van der Waals surface area contributed by atoms with Crippen LogP contribution in [0.3, 0.4) is 0 Å². The van der Waals surface area contributed by atoms with E-state index in [4.69, 9.17) is 4.99 Å². The highest BCUT2D eigenvalue weighted by molar-refractivity contribution is 8.15. The van der Waals surface area contributed by atoms with E-state index < -0.39 is 5.25 Å². The molecule has 1 saturated heterocycles. The first-order chi connectivity index (χ1) is 14.4. The molecule has 1 N–H and O–H groups in total. The van der Waals surface area contributed by atoms with Gasteiger partial charge in [-0.3, -0.25) is 14.5 Å². The largest absolute Gasteiger partial charge is 0.326 e. The van der Waals surface area contributed by atoms with Gasteiger partial charge >= 0.3 is 0 Å². The van der Waals surface area contributed by atoms with Crippen LogP contribution in [-0.4, -0.2) is 33.2 Å². The lowest BCUT2D eigenvalue weighted by Crippen LogP contribution is -2.41. The molecule has 6 heteroatoms. The molecule has 5 nitrogen and oxygen atoms in total. The predicted molar refractivity (Wildman–Crippen MR) is 123 cm³/mol. The van der Waals surface area contributed by atoms with Gasteiger partial charge in [0.1, 0.15) is 5.25 Å². The number of aliphatic imine (C=N–C) groups is 1. The Kier molecular flexibility index (Phi) is 5.95. The van der Waals surface area contributed by atoms with Crippen LogP contribution in [0.5, 0.6) is 0 Å². The summed E-state index contributed by atoms with van der Waals surface area (Å²) in [6.07, 6.45) is 2.43. The van der Waals surface area contributed by atoms with E-state index in [1.807, 2.05) is 67.3 Å². The van der Waals surface area contributed by atoms with Crippen molar-refractivity contribution in [3.8, 4) is 0 Å². The molecular weight excluding hydrogens is 394 g/mol. The standard InChI is InChI=1S/C24H27N3O2S/c1-15-8-12-19(13-9-15)25-24-27(17(3)18-10-11-18)23(29)21(30-24)14-22(28)26-20-7-5-4-6-16(20)2/h4-9,12-13,17-18,21H,10-11,14H2,1-3H3,(H,26,28)/t17-,21+/m1/s1. The molecule has 1 heterocycles. The number of rotatable bonds is 6. The van der Waals surface area contributed by atoms with Crippen molar-refractivity contribution in [2.75, 3.05) is 5.32 Å². The van der Waals surface area contributed by atoms with E-state index in [0.29, 0.717) is 11.1 Å². The van der Waals surface area contributed by atoms with E-state index in [2.05, 4.69) is 12.2 Å². The molecule has 2 aliphatic rings. The number of carbonyl (C=O) groups excluding carboxylic acids is 2. The maximum absolute atomic E-state index is 13.2. The van der Waals surface area contributed by atoms with Crippen molar-refractivity contribution in [3.05, 3.63) is 59.7 Å². The topological polar surface area (TPSA) is 61.8 Å². The van der Waals surface area contributed by atoms with Crippen LogP contribution in [0.1, 0.15) is 37.3 Å². The summed E-state index contributed by atoms with van der Waals surface area (Å²) in [5.41, 5.74) is 3.79. The molecule has 1 saturated carbocycles. The monoisotopic (exact) mass is 421 g/mol. The lowest BCUT2D eigenvalue weighted by Gasteiger charge is -2.24. The number of amidine groups is 1. The van der Waals surface area contributed by atoms with Crippen molar-refractivity contribution in [2.24, 2.45) is 10.9 Å². The number of nitrogens with one attached hydrogen (secondary N) is 1. The van der Waals surface area contributed by atoms with Crippen molar-refractivity contribution in [1.82, 2.24) is 4.90 Å². The number of para-hydroxylation sites is 1. The number of hydrogen-bond donors (Lipinski definition) is 1. The first-order valence-corrected chi connectivity index (χ1v) is 11.3. The molecule has 2 atom stereocenters. The van der Waals surface area contributed by atoms with Gasteiger partial charge in [0.2, 0.25) is 11.8 Å². The Morgan fingerprint density at radius 2 is 1.87 bits per heavy atom. The Hall–Kier alpha value is -2.60. The molecular formula is C24H27N3O2S. The second-order valence-electron chi connectivity index (χ2n) is 8.19. The highest BCUT2D eigenvalue weighted by Gasteiger charge is 2.45. The summed E-state index contributed by atoms with van der Waals surface area (Å²) in [4.78, 5) is 32.5. The van der Waals surface area contributed by atoms with E-state index in [1.54, 1.807) is 0 Å². The molecule has 1 aliphatic heterocycles. The molecule has 2 amide bonds. The molecule has 0 bridgehead atoms. The van der Waals surface area contributed by atoms with E-state index in [-0.39, 0.29) is 24.3 Å². The molecule has 2 fully saturated rings. The van der Waals surface area contributed by atoms with Crippen LogP contribution in [0.4, 0.5) is 11.4 Å². The highest BCUT2D eigenvalue weighted by Crippen LogP contribution is 2.41. The summed E-state index contributed by atoms with van der Waals surface area (Å²) >= 11 is 1.41. The van der Waals surface area contributed by atoms with Crippen LogP contribution in [0.25, 0.3) is 0 Å². The zero-order valence-electron chi connectivity index (χ0n) is 17.6. The van der Waals surface area contributed by atoms with Crippen molar-refractivity contribution in [3.63, 3.8) is 0 Å². The van der Waals surface area contributed by atoms with Gasteiger partial charge in [0, 0.05) is 18.2 Å². The van der Waals surface area contributed by atoms with Gasteiger partial charge in [-0.05, 0) is 63.3 Å². The van der Waals surface area contributed by atoms with Gasteiger partial charge in [-0.15, -0.1) is 0 Å². The van der Waals surface area contributed by atoms with E-state index in [0.717, 1.165) is 29.8 Å². The molecule has 4 rings (SSSR count). The predicted octanol–water partition coefficient (Wildman–Crippen LogP) is 5.06. The van der Waals surface area contributed by atoms with E-state index >= 15 is 0 Å². The zero-order valence-corrected chi connectivity index (χ0v) is 18.4. The van der Waals surface area contributed by atoms with Crippen molar-refractivity contribution in [1.29, 1.82) is 0 Å². The molecule has 30 heavy (non-hydrogen) atoms. The van der Waals surface area contributed by atoms with Crippen molar-refractivity contribution in [2.45, 2.75) is 51.3 Å². The number of nitrogens with zero attached hydrogens (tertiary/aromatic N) is 2. The molecule has 2 aromatic rings. The average molecular weight is 422 g/mol. The van der Waals surface area contributed by atoms with Gasteiger partial charge in [0.15, 0.2) is 5.17 Å². The summed E-state index contributed by atoms with van der Waals surface area (Å²) in [7, 11) is 0. The number of aryl methyl sites for hydroxylation is 2. The first-order valence-electron chi connectivity index (χ1n) is 10.4. The minimum absolute atomic E-state index is 0.00908. The second-order valence-corrected chi connectivity index (χ2v) is 9.36. The number of benzene rings is 2. The van der Waals surface area contributed by atoms with Gasteiger partial charge in [0.25, 0.3) is 0 Å². The van der Waals surface area contributed by atoms with Crippen LogP contribution in [0.15, 0.2) is 53.5 Å². The van der Waals surface area contributed by atoms with Crippen LogP contribution < -0.4 is 5.32 Å².